The zero-order valence-electron chi connectivity index (χ0n) is 19.3. The van der Waals surface area contributed by atoms with E-state index < -0.39 is 38.5 Å². The number of benzene rings is 1. The van der Waals surface area contributed by atoms with Crippen LogP contribution < -0.4 is 16.0 Å². The van der Waals surface area contributed by atoms with E-state index in [0.717, 1.165) is 25.0 Å². The molecular weight excluding hydrogens is 483 g/mol. The van der Waals surface area contributed by atoms with Gasteiger partial charge in [0.25, 0.3) is 0 Å². The van der Waals surface area contributed by atoms with Crippen molar-refractivity contribution in [1.82, 2.24) is 15.1 Å². The number of nitrogens with two attached hydrogens (primary N) is 1. The van der Waals surface area contributed by atoms with Gasteiger partial charge in [-0.2, -0.15) is 18.3 Å². The normalized spacial score (nSPS) is 24.0. The molecule has 12 heteroatoms. The highest BCUT2D eigenvalue weighted by molar-refractivity contribution is 7.92. The zero-order chi connectivity index (χ0) is 25.2. The zero-order valence-corrected chi connectivity index (χ0v) is 20.1. The maximum atomic E-state index is 13.2. The smallest absolute Gasteiger partial charge is 0.343 e. The highest BCUT2D eigenvalue weighted by atomic mass is 32.2. The summed E-state index contributed by atoms with van der Waals surface area (Å²) in [6.07, 6.45) is -1.25. The summed E-state index contributed by atoms with van der Waals surface area (Å²) in [6.45, 7) is 1.83. The average Bonchev–Trinajstić information content (AvgIpc) is 3.62. The Morgan fingerprint density at radius 2 is 1.89 bits per heavy atom. The van der Waals surface area contributed by atoms with Crippen LogP contribution in [0.4, 0.5) is 19.0 Å². The Bertz CT molecular complexity index is 1230. The first-order chi connectivity index (χ1) is 16.3. The Morgan fingerprint density at radius 1 is 1.23 bits per heavy atom. The van der Waals surface area contributed by atoms with Crippen molar-refractivity contribution in [2.45, 2.75) is 62.2 Å². The van der Waals surface area contributed by atoms with Crippen LogP contribution in [0.2, 0.25) is 0 Å². The van der Waals surface area contributed by atoms with E-state index in [-0.39, 0.29) is 30.5 Å². The highest BCUT2D eigenvalue weighted by Crippen LogP contribution is 2.37. The van der Waals surface area contributed by atoms with E-state index in [1.165, 1.54) is 16.8 Å². The molecule has 2 aromatic rings. The van der Waals surface area contributed by atoms with Gasteiger partial charge in [-0.15, -0.1) is 0 Å². The van der Waals surface area contributed by atoms with Gasteiger partial charge in [0.2, 0.25) is 5.91 Å². The van der Waals surface area contributed by atoms with Crippen LogP contribution in [-0.2, 0) is 20.8 Å². The Morgan fingerprint density at radius 3 is 2.46 bits per heavy atom. The molecule has 0 radical (unpaired) electrons. The second-order valence-corrected chi connectivity index (χ2v) is 12.4. The molecule has 1 amide bonds. The van der Waals surface area contributed by atoms with Gasteiger partial charge in [-0.25, -0.2) is 13.1 Å². The van der Waals surface area contributed by atoms with Gasteiger partial charge in [-0.1, -0.05) is 0 Å². The number of rotatable bonds is 7. The molecule has 2 atom stereocenters. The van der Waals surface area contributed by atoms with E-state index in [9.17, 15) is 26.4 Å². The van der Waals surface area contributed by atoms with Gasteiger partial charge in [0.05, 0.1) is 33.6 Å². The molecule has 1 saturated heterocycles. The molecule has 2 saturated carbocycles. The van der Waals surface area contributed by atoms with Crippen LogP contribution >= 0.6 is 0 Å². The molecule has 35 heavy (non-hydrogen) atoms. The largest absolute Gasteiger partial charge is 0.416 e. The number of carbonyl (C=O) groups is 1. The Kier molecular flexibility index (Phi) is 5.67. The molecule has 8 nitrogen and oxygen atoms in total. The number of hydrogen-bond donors (Lipinski definition) is 2. The molecule has 0 bridgehead atoms. The molecule has 3 aliphatic rings. The number of alkyl halides is 3. The molecule has 0 spiro atoms. The number of nitrogens with one attached hydrogen (secondary N) is 1. The van der Waals surface area contributed by atoms with Crippen molar-refractivity contribution in [2.24, 2.45) is 11.7 Å². The lowest BCUT2D eigenvalue weighted by Gasteiger charge is -2.27. The van der Waals surface area contributed by atoms with Crippen LogP contribution in [0.1, 0.15) is 43.4 Å². The second kappa shape index (κ2) is 8.22. The molecule has 0 unspecified atom stereocenters. The number of amides is 1. The molecule has 5 rings (SSSR count). The van der Waals surface area contributed by atoms with Gasteiger partial charge in [-0.05, 0) is 69.2 Å². The lowest BCUT2D eigenvalue weighted by atomic mass is 10.2. The van der Waals surface area contributed by atoms with E-state index in [0.29, 0.717) is 30.0 Å². The third-order valence-corrected chi connectivity index (χ3v) is 9.24. The first-order valence-electron chi connectivity index (χ1n) is 11.7. The van der Waals surface area contributed by atoms with E-state index in [4.69, 9.17) is 5.73 Å². The SMILES string of the molecule is Cc1cc(N2C[C@H](S(=O)(=O)CC3CC3)C[C@H]2C(=O)NC2(N)CC2)n(-c2ccc(C(F)(F)F)cc2)n1. The maximum Gasteiger partial charge on any atom is 0.416 e. The third kappa shape index (κ3) is 5.04. The van der Waals surface area contributed by atoms with Crippen molar-refractivity contribution in [3.8, 4) is 5.69 Å². The molecule has 3 fully saturated rings. The minimum atomic E-state index is -4.47. The molecule has 190 valence electrons. The summed E-state index contributed by atoms with van der Waals surface area (Å²) in [5.41, 5.74) is 5.50. The monoisotopic (exact) mass is 511 g/mol. The number of carbonyl (C=O) groups excluding carboxylic acids is 1. The molecule has 1 aromatic heterocycles. The second-order valence-electron chi connectivity index (χ2n) is 10.0. The van der Waals surface area contributed by atoms with Gasteiger partial charge in [0, 0.05) is 12.6 Å². The lowest BCUT2D eigenvalue weighted by Crippen LogP contribution is -2.52. The van der Waals surface area contributed by atoms with E-state index in [1.807, 2.05) is 0 Å². The fourth-order valence-electron chi connectivity index (χ4n) is 4.57. The summed E-state index contributed by atoms with van der Waals surface area (Å²) >= 11 is 0. The van der Waals surface area contributed by atoms with Crippen LogP contribution in [0.25, 0.3) is 5.69 Å². The minimum Gasteiger partial charge on any atom is -0.343 e. The number of hydrogen-bond acceptors (Lipinski definition) is 6. The van der Waals surface area contributed by atoms with E-state index in [1.54, 1.807) is 17.9 Å². The fourth-order valence-corrected chi connectivity index (χ4v) is 6.69. The summed E-state index contributed by atoms with van der Waals surface area (Å²) in [5.74, 6) is 0.387. The predicted octanol–water partition coefficient (Wildman–Crippen LogP) is 2.54. The third-order valence-electron chi connectivity index (χ3n) is 6.95. The minimum absolute atomic E-state index is 0.0937. The van der Waals surface area contributed by atoms with Crippen LogP contribution in [0.3, 0.4) is 0 Å². The van der Waals surface area contributed by atoms with Crippen molar-refractivity contribution in [3.05, 3.63) is 41.6 Å². The van der Waals surface area contributed by atoms with Gasteiger partial charge < -0.3 is 16.0 Å². The molecule has 3 N–H and O–H groups in total. The van der Waals surface area contributed by atoms with Gasteiger partial charge in [-0.3, -0.25) is 4.79 Å². The predicted molar refractivity (Wildman–Crippen MR) is 124 cm³/mol. The maximum absolute atomic E-state index is 13.2. The molecular formula is C23H28F3N5O3S. The van der Waals surface area contributed by atoms with Crippen molar-refractivity contribution in [3.63, 3.8) is 0 Å². The quantitative estimate of drug-likeness (QED) is 0.553. The van der Waals surface area contributed by atoms with Crippen molar-refractivity contribution in [1.29, 1.82) is 0 Å². The Labute approximate surface area is 201 Å². The van der Waals surface area contributed by atoms with Crippen molar-refractivity contribution in [2.75, 3.05) is 17.2 Å². The number of anilines is 1. The fraction of sp³-hybridized carbons (Fsp3) is 0.565. The van der Waals surface area contributed by atoms with Crippen molar-refractivity contribution >= 4 is 21.6 Å². The summed E-state index contributed by atoms with van der Waals surface area (Å²) in [4.78, 5) is 14.9. The van der Waals surface area contributed by atoms with Gasteiger partial charge in [0.1, 0.15) is 11.9 Å². The number of nitrogens with zero attached hydrogens (tertiary/aromatic N) is 3. The number of aromatic nitrogens is 2. The summed E-state index contributed by atoms with van der Waals surface area (Å²) < 4.78 is 66.8. The van der Waals surface area contributed by atoms with Crippen LogP contribution in [0.5, 0.6) is 0 Å². The van der Waals surface area contributed by atoms with Gasteiger partial charge >= 0.3 is 6.18 Å². The molecule has 1 aliphatic heterocycles. The van der Waals surface area contributed by atoms with Crippen LogP contribution in [0, 0.1) is 12.8 Å². The topological polar surface area (TPSA) is 110 Å². The van der Waals surface area contributed by atoms with Gasteiger partial charge in [0.15, 0.2) is 9.84 Å². The summed E-state index contributed by atoms with van der Waals surface area (Å²) in [6, 6.07) is 5.48. The number of aryl methyl sites for hydroxylation is 1. The summed E-state index contributed by atoms with van der Waals surface area (Å²) in [5, 5.41) is 6.53. The summed E-state index contributed by atoms with van der Waals surface area (Å²) in [7, 11) is -3.43. The van der Waals surface area contributed by atoms with Crippen LogP contribution in [-0.4, -0.2) is 53.4 Å². The molecule has 2 heterocycles. The Hall–Kier alpha value is -2.60. The van der Waals surface area contributed by atoms with E-state index >= 15 is 0 Å². The molecule has 1 aromatic carbocycles. The standard InChI is InChI=1S/C23H28F3N5O3S/c1-14-10-20(31(29-14)17-6-4-16(5-7-17)23(24,25)26)30-12-18(35(33,34)13-15-2-3-15)11-19(30)21(32)28-22(27)8-9-22/h4-7,10,15,18-19H,2-3,8-9,11-13,27H2,1H3,(H,28,32)/t18-,19+/m1/s1. The first kappa shape index (κ1) is 24.1. The molecule has 2 aliphatic carbocycles. The number of sulfone groups is 1. The highest BCUT2D eigenvalue weighted by Gasteiger charge is 2.48. The van der Waals surface area contributed by atoms with Crippen molar-refractivity contribution < 1.29 is 26.4 Å². The van der Waals surface area contributed by atoms with Crippen LogP contribution in [0.15, 0.2) is 30.3 Å². The number of halogens is 3. The van der Waals surface area contributed by atoms with E-state index in [2.05, 4.69) is 10.4 Å². The lowest BCUT2D eigenvalue weighted by molar-refractivity contribution is -0.137. The Balaban J connectivity index is 1.48. The average molecular weight is 512 g/mol. The first-order valence-corrected chi connectivity index (χ1v) is 13.4.